The van der Waals surface area contributed by atoms with Crippen molar-refractivity contribution in [2.24, 2.45) is 10.2 Å². The van der Waals surface area contributed by atoms with Crippen LogP contribution in [-0.2, 0) is 40.7 Å². The molecule has 16 nitrogen and oxygen atoms in total. The number of rotatable bonds is 7. The minimum Gasteiger partial charge on any atom is -0.505 e. The van der Waals surface area contributed by atoms with Crippen molar-refractivity contribution in [1.82, 2.24) is 0 Å². The molecule has 6 N–H and O–H groups in total. The number of nitrogens with one attached hydrogen (secondary N) is 1. The molecule has 0 heterocycles. The Morgan fingerprint density at radius 3 is 1.75 bits per heavy atom. The van der Waals surface area contributed by atoms with Crippen molar-refractivity contribution in [3.05, 3.63) is 54.6 Å². The number of hydrogen-bond acceptors (Lipinski definition) is 11. The molecule has 4 aromatic carbocycles. The van der Waals surface area contributed by atoms with Crippen LogP contribution in [-0.4, -0.2) is 57.0 Å². The summed E-state index contributed by atoms with van der Waals surface area (Å²) in [6.07, 6.45) is 0. The molecular formula is C20H15N3O13S4. The fourth-order valence-corrected chi connectivity index (χ4v) is 6.07. The number of phenols is 1. The number of aromatic hydroxyl groups is 1. The Kier molecular flexibility index (Phi) is 7.09. The molecule has 0 spiro atoms. The Hall–Kier alpha value is -3.76. The quantitative estimate of drug-likeness (QED) is 0.126. The van der Waals surface area contributed by atoms with Crippen molar-refractivity contribution < 1.29 is 57.0 Å². The first-order valence-electron chi connectivity index (χ1n) is 10.2. The largest absolute Gasteiger partial charge is 0.505 e. The van der Waals surface area contributed by atoms with Gasteiger partial charge in [0.1, 0.15) is 21.2 Å². The van der Waals surface area contributed by atoms with E-state index in [0.717, 1.165) is 12.1 Å². The molecule has 4 rings (SSSR count). The van der Waals surface area contributed by atoms with Crippen molar-refractivity contribution in [1.29, 1.82) is 0 Å². The molecule has 0 bridgehead atoms. The van der Waals surface area contributed by atoms with Crippen LogP contribution in [0.3, 0.4) is 0 Å². The topological polar surface area (TPSA) is 274 Å². The van der Waals surface area contributed by atoms with Gasteiger partial charge in [-0.25, -0.2) is 0 Å². The van der Waals surface area contributed by atoms with Gasteiger partial charge >= 0.3 is 10.3 Å². The Bertz CT molecular complexity index is 2200. The molecule has 0 aliphatic carbocycles. The summed E-state index contributed by atoms with van der Waals surface area (Å²) >= 11 is 0. The average Bonchev–Trinajstić information content (AvgIpc) is 2.80. The van der Waals surface area contributed by atoms with Crippen LogP contribution in [0.2, 0.25) is 0 Å². The van der Waals surface area contributed by atoms with Crippen molar-refractivity contribution in [2.45, 2.75) is 14.7 Å². The third-order valence-corrected chi connectivity index (χ3v) is 8.41. The summed E-state index contributed by atoms with van der Waals surface area (Å²) in [5.41, 5.74) is -1.15. The molecule has 0 saturated carbocycles. The number of phenolic OH excluding ortho intramolecular Hbond substituents is 1. The minimum atomic E-state index is -5.16. The number of azo groups is 1. The molecular weight excluding hydrogens is 618 g/mol. The van der Waals surface area contributed by atoms with Crippen LogP contribution >= 0.6 is 0 Å². The van der Waals surface area contributed by atoms with Crippen LogP contribution in [0.1, 0.15) is 0 Å². The van der Waals surface area contributed by atoms with Gasteiger partial charge in [-0.1, -0.05) is 12.1 Å². The number of anilines is 1. The highest BCUT2D eigenvalue weighted by molar-refractivity contribution is 7.87. The molecule has 4 aromatic rings. The standard InChI is InChI=1S/C20H15N3O13S4/c24-20-15-7-12(23-40(34,35)36)3-1-10(15)2-4-16(20)21-22-17-9-14-11(6-19(17)39(31,32)33)5-13(37(25,26)27)8-18(14)38(28,29)30/h1-9,23-24H,(H,25,26,27)(H,28,29,30)(H,31,32,33)(H,34,35,36). The highest BCUT2D eigenvalue weighted by Gasteiger charge is 2.24. The predicted molar refractivity (Wildman–Crippen MR) is 138 cm³/mol. The van der Waals surface area contributed by atoms with Crippen molar-refractivity contribution >= 4 is 79.3 Å². The third kappa shape index (κ3) is 6.18. The molecule has 0 aromatic heterocycles. The minimum absolute atomic E-state index is 0.0185. The lowest BCUT2D eigenvalue weighted by molar-refractivity contribution is 0.479. The van der Waals surface area contributed by atoms with Crippen LogP contribution < -0.4 is 4.72 Å². The highest BCUT2D eigenvalue weighted by Crippen LogP contribution is 2.39. The maximum atomic E-state index is 12.1. The summed E-state index contributed by atoms with van der Waals surface area (Å²) < 4.78 is 133. The average molecular weight is 634 g/mol. The summed E-state index contributed by atoms with van der Waals surface area (Å²) in [4.78, 5) is -3.05. The van der Waals surface area contributed by atoms with Crippen LogP contribution in [0, 0.1) is 0 Å². The number of fused-ring (bicyclic) bond motifs is 2. The Balaban J connectivity index is 1.95. The van der Waals surface area contributed by atoms with Gasteiger partial charge in [0.2, 0.25) is 0 Å². The highest BCUT2D eigenvalue weighted by atomic mass is 32.2. The number of hydrogen-bond donors (Lipinski definition) is 6. The fraction of sp³-hybridized carbons (Fsp3) is 0. The first-order chi connectivity index (χ1) is 18.2. The van der Waals surface area contributed by atoms with E-state index in [-0.39, 0.29) is 16.8 Å². The maximum absolute atomic E-state index is 12.1. The lowest BCUT2D eigenvalue weighted by Crippen LogP contribution is -2.10. The molecule has 40 heavy (non-hydrogen) atoms. The van der Waals surface area contributed by atoms with Gasteiger partial charge in [-0.3, -0.25) is 22.9 Å². The van der Waals surface area contributed by atoms with E-state index in [2.05, 4.69) is 10.2 Å². The molecule has 0 atom stereocenters. The van der Waals surface area contributed by atoms with Crippen LogP contribution in [0.25, 0.3) is 21.5 Å². The molecule has 0 radical (unpaired) electrons. The number of nitrogens with zero attached hydrogens (tertiary/aromatic N) is 2. The van der Waals surface area contributed by atoms with Gasteiger partial charge in [0, 0.05) is 10.8 Å². The lowest BCUT2D eigenvalue weighted by atomic mass is 10.1. The van der Waals surface area contributed by atoms with Crippen LogP contribution in [0.4, 0.5) is 17.1 Å². The van der Waals surface area contributed by atoms with E-state index in [1.165, 1.54) is 24.3 Å². The molecule has 20 heteroatoms. The lowest BCUT2D eigenvalue weighted by Gasteiger charge is -2.10. The molecule has 0 amide bonds. The first kappa shape index (κ1) is 29.2. The molecule has 0 aliphatic heterocycles. The molecule has 0 unspecified atom stereocenters. The van der Waals surface area contributed by atoms with Crippen molar-refractivity contribution in [2.75, 3.05) is 4.72 Å². The van der Waals surface area contributed by atoms with Crippen LogP contribution in [0.5, 0.6) is 5.75 Å². The Morgan fingerprint density at radius 1 is 0.575 bits per heavy atom. The second-order valence-electron chi connectivity index (χ2n) is 8.03. The second kappa shape index (κ2) is 9.71. The third-order valence-electron chi connectivity index (χ3n) is 5.31. The van der Waals surface area contributed by atoms with Gasteiger partial charge < -0.3 is 5.11 Å². The Morgan fingerprint density at radius 2 is 1.18 bits per heavy atom. The Labute approximate surface area is 225 Å². The monoisotopic (exact) mass is 633 g/mol. The summed E-state index contributed by atoms with van der Waals surface area (Å²) in [6.45, 7) is 0. The molecule has 0 fully saturated rings. The van der Waals surface area contributed by atoms with Crippen molar-refractivity contribution in [3.63, 3.8) is 0 Å². The van der Waals surface area contributed by atoms with Crippen molar-refractivity contribution in [3.8, 4) is 5.75 Å². The van der Waals surface area contributed by atoms with Gasteiger partial charge in [-0.2, -0.15) is 33.7 Å². The maximum Gasteiger partial charge on any atom is 0.357 e. The van der Waals surface area contributed by atoms with Gasteiger partial charge in [0.25, 0.3) is 30.4 Å². The zero-order chi connectivity index (χ0) is 29.8. The normalized spacial score (nSPS) is 13.3. The summed E-state index contributed by atoms with van der Waals surface area (Å²) in [5.74, 6) is -0.578. The SMILES string of the molecule is O=S(=O)(O)Nc1ccc2ccc(N=Nc3cc4c(S(=O)(=O)O)cc(S(=O)(=O)O)cc4cc3S(=O)(=O)O)c(O)c2c1. The van der Waals surface area contributed by atoms with E-state index in [0.29, 0.717) is 23.6 Å². The van der Waals surface area contributed by atoms with E-state index in [4.69, 9.17) is 4.55 Å². The summed E-state index contributed by atoms with van der Waals surface area (Å²) in [7, 11) is -19.9. The zero-order valence-electron chi connectivity index (χ0n) is 19.2. The van der Waals surface area contributed by atoms with Gasteiger partial charge in [-0.15, -0.1) is 10.2 Å². The van der Waals surface area contributed by atoms with E-state index < -0.39 is 77.6 Å². The van der Waals surface area contributed by atoms with E-state index in [9.17, 15) is 52.4 Å². The second-order valence-corrected chi connectivity index (χ2v) is 13.4. The van der Waals surface area contributed by atoms with Gasteiger partial charge in [0.15, 0.2) is 5.75 Å². The van der Waals surface area contributed by atoms with Gasteiger partial charge in [-0.05, 0) is 53.2 Å². The first-order valence-corrected chi connectivity index (χ1v) is 16.0. The molecule has 0 aliphatic rings. The van der Waals surface area contributed by atoms with E-state index >= 15 is 0 Å². The molecule has 0 saturated heterocycles. The fourth-order valence-electron chi connectivity index (χ4n) is 3.66. The number of benzene rings is 4. The predicted octanol–water partition coefficient (Wildman–Crippen LogP) is 3.07. The smallest absolute Gasteiger partial charge is 0.357 e. The van der Waals surface area contributed by atoms with E-state index in [1.807, 2.05) is 0 Å². The van der Waals surface area contributed by atoms with Crippen LogP contribution in [0.15, 0.2) is 79.5 Å². The van der Waals surface area contributed by atoms with E-state index in [1.54, 1.807) is 4.72 Å². The molecule has 212 valence electrons. The zero-order valence-corrected chi connectivity index (χ0v) is 22.5. The summed E-state index contributed by atoms with van der Waals surface area (Å²) in [6, 6.07) is 8.91. The van der Waals surface area contributed by atoms with Gasteiger partial charge in [0.05, 0.1) is 10.6 Å². The summed E-state index contributed by atoms with van der Waals surface area (Å²) in [5, 5.41) is 17.5.